The van der Waals surface area contributed by atoms with E-state index in [1.165, 1.54) is 89.9 Å². The van der Waals surface area contributed by atoms with Crippen molar-refractivity contribution in [3.63, 3.8) is 0 Å². The van der Waals surface area contributed by atoms with Crippen LogP contribution in [0.2, 0.25) is 0 Å². The second kappa shape index (κ2) is 40.0. The Labute approximate surface area is 398 Å². The molecule has 11 atom stereocenters. The van der Waals surface area contributed by atoms with Crippen LogP contribution < -0.4 is 0 Å². The molecule has 0 amide bonds. The smallest absolute Gasteiger partial charge is 0.306 e. The largest absolute Gasteiger partial charge is 0.457 e. The third-order valence-corrected chi connectivity index (χ3v) is 12.4. The molecule has 0 aromatic rings. The second-order valence-electron chi connectivity index (χ2n) is 18.3. The number of hydrogen-bond acceptors (Lipinski definition) is 14. The number of rotatable bonds is 41. The maximum Gasteiger partial charge on any atom is 0.306 e. The number of aliphatic hydroxyl groups excluding tert-OH is 7. The van der Waals surface area contributed by atoms with Crippen molar-refractivity contribution in [2.75, 3.05) is 33.0 Å². The van der Waals surface area contributed by atoms with Gasteiger partial charge in [-0.15, -0.1) is 0 Å². The van der Waals surface area contributed by atoms with E-state index in [9.17, 15) is 40.5 Å². The maximum atomic E-state index is 13.0. The van der Waals surface area contributed by atoms with Crippen molar-refractivity contribution in [1.29, 1.82) is 0 Å². The van der Waals surface area contributed by atoms with E-state index >= 15 is 0 Å². The van der Waals surface area contributed by atoms with Crippen molar-refractivity contribution >= 4 is 5.97 Å². The van der Waals surface area contributed by atoms with Crippen LogP contribution in [0.4, 0.5) is 0 Å². The van der Waals surface area contributed by atoms with E-state index in [2.05, 4.69) is 50.3 Å². The van der Waals surface area contributed by atoms with Crippen molar-refractivity contribution in [2.24, 2.45) is 0 Å². The molecule has 11 unspecified atom stereocenters. The zero-order valence-corrected chi connectivity index (χ0v) is 40.9. The molecule has 0 aliphatic carbocycles. The summed E-state index contributed by atoms with van der Waals surface area (Å²) in [7, 11) is 0. The molecule has 14 nitrogen and oxygen atoms in total. The Balaban J connectivity index is 1.76. The van der Waals surface area contributed by atoms with Gasteiger partial charge >= 0.3 is 5.97 Å². The first kappa shape index (κ1) is 60.3. The first-order valence-corrected chi connectivity index (χ1v) is 26.1. The Kier molecular flexibility index (Phi) is 36.6. The van der Waals surface area contributed by atoms with Gasteiger partial charge in [0.05, 0.1) is 26.4 Å². The maximum absolute atomic E-state index is 13.0. The van der Waals surface area contributed by atoms with Crippen LogP contribution in [0.1, 0.15) is 187 Å². The number of carbonyl (C=O) groups is 1. The molecular formula is C52H94O14. The van der Waals surface area contributed by atoms with Gasteiger partial charge in [-0.05, 0) is 70.6 Å². The summed E-state index contributed by atoms with van der Waals surface area (Å²) in [6, 6.07) is 0. The Bertz CT molecular complexity index is 1230. The van der Waals surface area contributed by atoms with E-state index in [-0.39, 0.29) is 25.6 Å². The number of allylic oxidation sites excluding steroid dienone is 6. The van der Waals surface area contributed by atoms with Crippen molar-refractivity contribution in [3.05, 3.63) is 36.5 Å². The first-order valence-electron chi connectivity index (χ1n) is 26.1. The van der Waals surface area contributed by atoms with Crippen molar-refractivity contribution < 1.29 is 69.0 Å². The van der Waals surface area contributed by atoms with Crippen LogP contribution in [-0.4, -0.2) is 142 Å². The highest BCUT2D eigenvalue weighted by Crippen LogP contribution is 2.26. The van der Waals surface area contributed by atoms with Crippen LogP contribution in [0.15, 0.2) is 36.5 Å². The minimum atomic E-state index is -1.71. The number of carbonyl (C=O) groups excluding carboxylic acids is 1. The minimum absolute atomic E-state index is 0.0548. The summed E-state index contributed by atoms with van der Waals surface area (Å²) in [5, 5.41) is 72.1. The quantitative estimate of drug-likeness (QED) is 0.0177. The molecule has 2 heterocycles. The fourth-order valence-electron chi connectivity index (χ4n) is 8.07. The summed E-state index contributed by atoms with van der Waals surface area (Å²) in [6.07, 6.45) is 27.7. The monoisotopic (exact) mass is 943 g/mol. The standard InChI is InChI=1S/C52H94O14/c1-3-5-7-9-11-13-15-17-18-19-20-21-22-24-26-28-30-32-34-36-61-38-41(64-44(54)35-33-31-29-27-25-23-16-14-12-10-8-6-4-2)39-62-51-50(60)48(58)46(56)43(66-51)40-63-52-49(59)47(57)45(55)42(37-53)65-52/h13-16,18-19,41-43,45-53,55-60H,3-12,17,20-40H2,1-2H3/b15-13-,16-14-,19-18-. The van der Waals surface area contributed by atoms with Crippen molar-refractivity contribution in [3.8, 4) is 0 Å². The summed E-state index contributed by atoms with van der Waals surface area (Å²) in [5.74, 6) is -0.388. The lowest BCUT2D eigenvalue weighted by molar-refractivity contribution is -0.332. The summed E-state index contributed by atoms with van der Waals surface area (Å²) in [4.78, 5) is 13.0. The van der Waals surface area contributed by atoms with Gasteiger partial charge in [-0.1, -0.05) is 147 Å². The summed E-state index contributed by atoms with van der Waals surface area (Å²) in [5.41, 5.74) is 0. The van der Waals surface area contributed by atoms with Crippen molar-refractivity contribution in [2.45, 2.75) is 255 Å². The first-order chi connectivity index (χ1) is 32.1. The number of unbranched alkanes of at least 4 members (excludes halogenated alkanes) is 21. The molecule has 0 spiro atoms. The molecule has 14 heteroatoms. The molecule has 2 aliphatic rings. The molecule has 2 fully saturated rings. The molecular weight excluding hydrogens is 849 g/mol. The zero-order chi connectivity index (χ0) is 48.0. The van der Waals surface area contributed by atoms with Gasteiger partial charge in [-0.25, -0.2) is 0 Å². The molecule has 0 saturated carbocycles. The molecule has 0 aromatic heterocycles. The molecule has 0 aromatic carbocycles. The molecule has 2 saturated heterocycles. The van der Waals surface area contributed by atoms with Gasteiger partial charge in [-0.3, -0.25) is 4.79 Å². The van der Waals surface area contributed by atoms with Crippen molar-refractivity contribution in [1.82, 2.24) is 0 Å². The fourth-order valence-corrected chi connectivity index (χ4v) is 8.07. The van der Waals surface area contributed by atoms with Gasteiger partial charge in [0.1, 0.15) is 54.9 Å². The van der Waals surface area contributed by atoms with E-state index in [1.807, 2.05) is 0 Å². The fraction of sp³-hybridized carbons (Fsp3) is 0.865. The number of hydrogen-bond donors (Lipinski definition) is 7. The van der Waals surface area contributed by atoms with Gasteiger partial charge in [0.15, 0.2) is 12.6 Å². The SMILES string of the molecule is CCCCCC/C=C\C/C=C\CCCCCCCCCCOCC(COC1OC(COC2OC(CO)C(O)C(O)C2O)C(O)C(O)C1O)OC(=O)CCCCCCC/C=C\CCCCCC. The predicted molar refractivity (Wildman–Crippen MR) is 256 cm³/mol. The number of esters is 1. The van der Waals surface area contributed by atoms with Gasteiger partial charge in [0.2, 0.25) is 0 Å². The van der Waals surface area contributed by atoms with Crippen LogP contribution in [0.5, 0.6) is 0 Å². The topological polar surface area (TPSA) is 214 Å². The number of aliphatic hydroxyl groups is 7. The van der Waals surface area contributed by atoms with Crippen LogP contribution >= 0.6 is 0 Å². The number of ether oxygens (including phenoxy) is 6. The van der Waals surface area contributed by atoms with E-state index in [4.69, 9.17) is 28.4 Å². The zero-order valence-electron chi connectivity index (χ0n) is 40.9. The normalized spacial score (nSPS) is 26.6. The molecule has 2 rings (SSSR count). The Morgan fingerprint density at radius 2 is 0.939 bits per heavy atom. The van der Waals surface area contributed by atoms with Gasteiger partial charge < -0.3 is 64.2 Å². The molecule has 0 bridgehead atoms. The van der Waals surface area contributed by atoms with Crippen LogP contribution in [0.3, 0.4) is 0 Å². The van der Waals surface area contributed by atoms with Crippen LogP contribution in [0.25, 0.3) is 0 Å². The summed E-state index contributed by atoms with van der Waals surface area (Å²) in [6.45, 7) is 3.63. The predicted octanol–water partition coefficient (Wildman–Crippen LogP) is 7.80. The lowest BCUT2D eigenvalue weighted by Crippen LogP contribution is -2.61. The summed E-state index contributed by atoms with van der Waals surface area (Å²) < 4.78 is 34.3. The van der Waals surface area contributed by atoms with Gasteiger partial charge in [-0.2, -0.15) is 0 Å². The highest BCUT2D eigenvalue weighted by Gasteiger charge is 2.47. The molecule has 66 heavy (non-hydrogen) atoms. The third-order valence-electron chi connectivity index (χ3n) is 12.4. The van der Waals surface area contributed by atoms with E-state index in [1.54, 1.807) is 0 Å². The Morgan fingerprint density at radius 3 is 1.47 bits per heavy atom. The minimum Gasteiger partial charge on any atom is -0.457 e. The second-order valence-corrected chi connectivity index (χ2v) is 18.3. The average molecular weight is 943 g/mol. The van der Waals surface area contributed by atoms with E-state index in [0.717, 1.165) is 70.6 Å². The highest BCUT2D eigenvalue weighted by atomic mass is 16.7. The molecule has 2 aliphatic heterocycles. The average Bonchev–Trinajstić information content (AvgIpc) is 3.31. The molecule has 386 valence electrons. The third kappa shape index (κ3) is 27.4. The lowest BCUT2D eigenvalue weighted by atomic mass is 9.98. The van der Waals surface area contributed by atoms with Crippen LogP contribution in [-0.2, 0) is 33.2 Å². The highest BCUT2D eigenvalue weighted by molar-refractivity contribution is 5.69. The van der Waals surface area contributed by atoms with Gasteiger partial charge in [0, 0.05) is 13.0 Å². The van der Waals surface area contributed by atoms with Crippen LogP contribution in [0, 0.1) is 0 Å². The van der Waals surface area contributed by atoms with E-state index in [0.29, 0.717) is 13.0 Å². The molecule has 0 radical (unpaired) electrons. The summed E-state index contributed by atoms with van der Waals surface area (Å²) >= 11 is 0. The Morgan fingerprint density at radius 1 is 0.500 bits per heavy atom. The van der Waals surface area contributed by atoms with E-state index < -0.39 is 80.7 Å². The lowest BCUT2D eigenvalue weighted by Gasteiger charge is -2.42. The molecule has 7 N–H and O–H groups in total. The van der Waals surface area contributed by atoms with Gasteiger partial charge in [0.25, 0.3) is 0 Å². The Hall–Kier alpha value is -1.79.